The Morgan fingerprint density at radius 2 is 1.29 bits per heavy atom. The number of para-hydroxylation sites is 2. The van der Waals surface area contributed by atoms with Gasteiger partial charge in [-0.2, -0.15) is 0 Å². The van der Waals surface area contributed by atoms with Crippen molar-refractivity contribution in [2.24, 2.45) is 0 Å². The van der Waals surface area contributed by atoms with Crippen LogP contribution in [0.1, 0.15) is 16.9 Å². The quantitative estimate of drug-likeness (QED) is 0.498. The highest BCUT2D eigenvalue weighted by Gasteiger charge is 2.14. The molecule has 21 heavy (non-hydrogen) atoms. The molecule has 2 aromatic carbocycles. The number of thiazole rings is 2. The third-order valence-electron chi connectivity index (χ3n) is 3.34. The van der Waals surface area contributed by atoms with Gasteiger partial charge in [-0.15, -0.1) is 22.7 Å². The Bertz CT molecular complexity index is 821. The first-order chi connectivity index (χ1) is 10.3. The molecule has 0 aliphatic rings. The van der Waals surface area contributed by atoms with Crippen LogP contribution in [-0.4, -0.2) is 9.97 Å². The van der Waals surface area contributed by atoms with E-state index in [-0.39, 0.29) is 0 Å². The first kappa shape index (κ1) is 12.7. The largest absolute Gasteiger partial charge is 0.236 e. The van der Waals surface area contributed by atoms with E-state index in [1.807, 2.05) is 19.1 Å². The zero-order valence-corrected chi connectivity index (χ0v) is 13.0. The van der Waals surface area contributed by atoms with Crippen molar-refractivity contribution in [2.45, 2.75) is 6.92 Å². The topological polar surface area (TPSA) is 25.8 Å². The molecule has 0 aliphatic carbocycles. The lowest BCUT2D eigenvalue weighted by molar-refractivity contribution is 1.38. The predicted octanol–water partition coefficient (Wildman–Crippen LogP) is 5.36. The van der Waals surface area contributed by atoms with E-state index in [1.54, 1.807) is 22.7 Å². The minimum atomic E-state index is 1.04. The van der Waals surface area contributed by atoms with Crippen LogP contribution >= 0.6 is 22.7 Å². The van der Waals surface area contributed by atoms with Gasteiger partial charge in [0.2, 0.25) is 0 Å². The highest BCUT2D eigenvalue weighted by molar-refractivity contribution is 7.21. The predicted molar refractivity (Wildman–Crippen MR) is 92.0 cm³/mol. The Balaban J connectivity index is 1.87. The summed E-state index contributed by atoms with van der Waals surface area (Å²) in [4.78, 5) is 9.49. The number of benzene rings is 2. The fourth-order valence-corrected chi connectivity index (χ4v) is 4.46. The Morgan fingerprint density at radius 3 is 1.71 bits per heavy atom. The van der Waals surface area contributed by atoms with Gasteiger partial charge in [0.25, 0.3) is 0 Å². The van der Waals surface area contributed by atoms with Crippen LogP contribution in [0.4, 0.5) is 0 Å². The third-order valence-corrected chi connectivity index (χ3v) is 5.48. The third kappa shape index (κ3) is 2.17. The summed E-state index contributed by atoms with van der Waals surface area (Å²) in [6.45, 7) is 2.05. The summed E-state index contributed by atoms with van der Waals surface area (Å²) in [5.74, 6) is 0. The van der Waals surface area contributed by atoms with Gasteiger partial charge in [-0.1, -0.05) is 30.3 Å². The van der Waals surface area contributed by atoms with Crippen molar-refractivity contribution in [1.29, 1.82) is 0 Å². The van der Waals surface area contributed by atoms with Crippen LogP contribution in [-0.2, 0) is 0 Å². The SMILES string of the molecule is CC=C(c1nc2ccccc2s1)c1nc2ccccc2s1. The monoisotopic (exact) mass is 308 g/mol. The van der Waals surface area contributed by atoms with Gasteiger partial charge < -0.3 is 0 Å². The summed E-state index contributed by atoms with van der Waals surface area (Å²) >= 11 is 3.44. The first-order valence-corrected chi connectivity index (χ1v) is 8.36. The number of hydrogen-bond acceptors (Lipinski definition) is 4. The average Bonchev–Trinajstić information content (AvgIpc) is 3.11. The molecule has 0 amide bonds. The minimum Gasteiger partial charge on any atom is -0.236 e. The van der Waals surface area contributed by atoms with Gasteiger partial charge in [0.1, 0.15) is 10.0 Å². The molecule has 0 bridgehead atoms. The van der Waals surface area contributed by atoms with Crippen LogP contribution in [0.15, 0.2) is 54.6 Å². The fraction of sp³-hybridized carbons (Fsp3) is 0.0588. The van der Waals surface area contributed by atoms with Gasteiger partial charge in [-0.05, 0) is 31.2 Å². The second kappa shape index (κ2) is 5.06. The first-order valence-electron chi connectivity index (χ1n) is 6.73. The molecular formula is C17H12N2S2. The van der Waals surface area contributed by atoms with Gasteiger partial charge >= 0.3 is 0 Å². The molecule has 0 radical (unpaired) electrons. The van der Waals surface area contributed by atoms with E-state index >= 15 is 0 Å². The number of fused-ring (bicyclic) bond motifs is 2. The number of hydrogen-bond donors (Lipinski definition) is 0. The van der Waals surface area contributed by atoms with Crippen molar-refractivity contribution in [3.05, 3.63) is 64.6 Å². The van der Waals surface area contributed by atoms with E-state index in [1.165, 1.54) is 9.40 Å². The highest BCUT2D eigenvalue weighted by Crippen LogP contribution is 2.34. The van der Waals surface area contributed by atoms with E-state index in [2.05, 4.69) is 42.5 Å². The van der Waals surface area contributed by atoms with E-state index in [9.17, 15) is 0 Å². The van der Waals surface area contributed by atoms with Gasteiger partial charge in [-0.3, -0.25) is 0 Å². The average molecular weight is 308 g/mol. The summed E-state index contributed by atoms with van der Waals surface area (Å²) in [5.41, 5.74) is 3.23. The molecule has 2 nitrogen and oxygen atoms in total. The van der Waals surface area contributed by atoms with E-state index in [0.717, 1.165) is 26.6 Å². The molecule has 0 saturated heterocycles. The van der Waals surface area contributed by atoms with Crippen LogP contribution in [0.5, 0.6) is 0 Å². The van der Waals surface area contributed by atoms with Gasteiger partial charge in [0.05, 0.1) is 20.4 Å². The van der Waals surface area contributed by atoms with Crippen LogP contribution in [0.2, 0.25) is 0 Å². The zero-order valence-electron chi connectivity index (χ0n) is 11.4. The number of aromatic nitrogens is 2. The van der Waals surface area contributed by atoms with Gasteiger partial charge in [-0.25, -0.2) is 9.97 Å². The molecule has 0 aliphatic heterocycles. The lowest BCUT2D eigenvalue weighted by Gasteiger charge is -1.97. The molecule has 0 fully saturated rings. The molecule has 2 aromatic heterocycles. The number of nitrogens with zero attached hydrogens (tertiary/aromatic N) is 2. The molecule has 2 heterocycles. The molecule has 4 heteroatoms. The molecule has 4 aromatic rings. The molecule has 102 valence electrons. The van der Waals surface area contributed by atoms with Gasteiger partial charge in [0, 0.05) is 5.57 Å². The normalized spacial score (nSPS) is 11.1. The van der Waals surface area contributed by atoms with Crippen LogP contribution in [0.3, 0.4) is 0 Å². The van der Waals surface area contributed by atoms with E-state index < -0.39 is 0 Å². The van der Waals surface area contributed by atoms with Crippen molar-refractivity contribution >= 4 is 48.7 Å². The maximum atomic E-state index is 4.75. The Hall–Kier alpha value is -2.04. The molecule has 4 rings (SSSR count). The fourth-order valence-electron chi connectivity index (χ4n) is 2.31. The smallest absolute Gasteiger partial charge is 0.127 e. The Labute approximate surface area is 130 Å². The molecule has 0 atom stereocenters. The van der Waals surface area contributed by atoms with Crippen LogP contribution in [0.25, 0.3) is 26.0 Å². The zero-order chi connectivity index (χ0) is 14.2. The second-order valence-electron chi connectivity index (χ2n) is 4.68. The molecular weight excluding hydrogens is 296 g/mol. The second-order valence-corrected chi connectivity index (χ2v) is 6.74. The summed E-state index contributed by atoms with van der Waals surface area (Å²) in [6, 6.07) is 16.5. The lowest BCUT2D eigenvalue weighted by atomic mass is 10.2. The lowest BCUT2D eigenvalue weighted by Crippen LogP contribution is -1.85. The van der Waals surface area contributed by atoms with E-state index in [4.69, 9.17) is 9.97 Å². The summed E-state index contributed by atoms with van der Waals surface area (Å²) in [6.07, 6.45) is 2.11. The summed E-state index contributed by atoms with van der Waals surface area (Å²) in [7, 11) is 0. The van der Waals surface area contributed by atoms with Crippen molar-refractivity contribution in [1.82, 2.24) is 9.97 Å². The van der Waals surface area contributed by atoms with Crippen LogP contribution < -0.4 is 0 Å². The van der Waals surface area contributed by atoms with Crippen molar-refractivity contribution < 1.29 is 0 Å². The molecule has 0 N–H and O–H groups in total. The number of allylic oxidation sites excluding steroid dienone is 1. The molecule has 0 saturated carbocycles. The van der Waals surface area contributed by atoms with Gasteiger partial charge in [0.15, 0.2) is 0 Å². The van der Waals surface area contributed by atoms with E-state index in [0.29, 0.717) is 0 Å². The Kier molecular flexibility index (Phi) is 3.05. The summed E-state index contributed by atoms with van der Waals surface area (Å²) < 4.78 is 2.43. The maximum absolute atomic E-state index is 4.75. The minimum absolute atomic E-state index is 1.04. The highest BCUT2D eigenvalue weighted by atomic mass is 32.1. The van der Waals surface area contributed by atoms with Crippen molar-refractivity contribution in [2.75, 3.05) is 0 Å². The molecule has 0 spiro atoms. The van der Waals surface area contributed by atoms with Crippen molar-refractivity contribution in [3.63, 3.8) is 0 Å². The Morgan fingerprint density at radius 1 is 0.810 bits per heavy atom. The maximum Gasteiger partial charge on any atom is 0.127 e. The molecule has 0 unspecified atom stereocenters. The van der Waals surface area contributed by atoms with Crippen molar-refractivity contribution in [3.8, 4) is 0 Å². The standard InChI is InChI=1S/C17H12N2S2/c1-2-11(16-18-12-7-3-5-9-14(12)20-16)17-19-13-8-4-6-10-15(13)21-17/h2-10H,1H3. The number of rotatable bonds is 2. The van der Waals surface area contributed by atoms with Crippen LogP contribution in [0, 0.1) is 0 Å². The summed E-state index contributed by atoms with van der Waals surface area (Å²) in [5, 5.41) is 2.08.